The van der Waals surface area contributed by atoms with Crippen molar-refractivity contribution in [2.75, 3.05) is 14.2 Å². The van der Waals surface area contributed by atoms with Gasteiger partial charge in [-0.3, -0.25) is 0 Å². The lowest BCUT2D eigenvalue weighted by atomic mass is 9.70. The summed E-state index contributed by atoms with van der Waals surface area (Å²) in [6.45, 7) is 4.50. The van der Waals surface area contributed by atoms with Crippen LogP contribution in [0.25, 0.3) is 0 Å². The van der Waals surface area contributed by atoms with Crippen molar-refractivity contribution in [2.45, 2.75) is 32.1 Å². The van der Waals surface area contributed by atoms with E-state index < -0.39 is 0 Å². The molecule has 0 saturated carbocycles. The van der Waals surface area contributed by atoms with Gasteiger partial charge < -0.3 is 9.47 Å². The van der Waals surface area contributed by atoms with Gasteiger partial charge in [0.25, 0.3) is 0 Å². The molecule has 2 aromatic carbocycles. The van der Waals surface area contributed by atoms with E-state index in [-0.39, 0.29) is 5.41 Å². The van der Waals surface area contributed by atoms with Gasteiger partial charge in [-0.1, -0.05) is 38.1 Å². The highest BCUT2D eigenvalue weighted by Gasteiger charge is 2.30. The third-order valence-corrected chi connectivity index (χ3v) is 4.49. The molecule has 2 aromatic rings. The van der Waals surface area contributed by atoms with Crippen molar-refractivity contribution in [3.63, 3.8) is 0 Å². The highest BCUT2D eigenvalue weighted by Crippen LogP contribution is 2.39. The van der Waals surface area contributed by atoms with Crippen LogP contribution in [-0.4, -0.2) is 14.2 Å². The molecule has 112 valence electrons. The highest BCUT2D eigenvalue weighted by molar-refractivity contribution is 5.43. The molecule has 0 N–H and O–H groups in total. The quantitative estimate of drug-likeness (QED) is 0.758. The fourth-order valence-electron chi connectivity index (χ4n) is 3.05. The first-order chi connectivity index (χ1) is 10.2. The van der Waals surface area contributed by atoms with Gasteiger partial charge in [-0.15, -0.1) is 0 Å². The molecule has 21 heavy (non-hydrogen) atoms. The molecule has 2 heteroatoms. The molecule has 2 rings (SSSR count). The molecule has 0 aliphatic heterocycles. The molecule has 0 fully saturated rings. The topological polar surface area (TPSA) is 18.5 Å². The molecule has 0 radical (unpaired) electrons. The summed E-state index contributed by atoms with van der Waals surface area (Å²) in [5.74, 6) is 1.80. The zero-order chi connectivity index (χ0) is 15.3. The predicted molar refractivity (Wildman–Crippen MR) is 87.4 cm³/mol. The number of benzene rings is 2. The van der Waals surface area contributed by atoms with E-state index in [0.717, 1.165) is 24.3 Å². The average Bonchev–Trinajstić information content (AvgIpc) is 2.57. The SMILES string of the molecule is CCC(CC)(c1ccc(OC)cc1)c1ccc(OC)cc1. The third kappa shape index (κ3) is 2.90. The van der Waals surface area contributed by atoms with Gasteiger partial charge in [0.15, 0.2) is 0 Å². The van der Waals surface area contributed by atoms with Gasteiger partial charge in [-0.05, 0) is 48.2 Å². The van der Waals surface area contributed by atoms with Gasteiger partial charge in [0.1, 0.15) is 11.5 Å². The summed E-state index contributed by atoms with van der Waals surface area (Å²) in [6, 6.07) is 16.9. The van der Waals surface area contributed by atoms with Crippen molar-refractivity contribution in [1.82, 2.24) is 0 Å². The van der Waals surface area contributed by atoms with Crippen molar-refractivity contribution in [1.29, 1.82) is 0 Å². The fraction of sp³-hybridized carbons (Fsp3) is 0.368. The van der Waals surface area contributed by atoms with E-state index in [1.54, 1.807) is 14.2 Å². The number of ether oxygens (including phenoxy) is 2. The van der Waals surface area contributed by atoms with Crippen LogP contribution in [0.4, 0.5) is 0 Å². The molecule has 0 aliphatic carbocycles. The van der Waals surface area contributed by atoms with Crippen molar-refractivity contribution in [3.8, 4) is 11.5 Å². The molecule has 0 amide bonds. The Morgan fingerprint density at radius 2 is 1.00 bits per heavy atom. The molecule has 0 saturated heterocycles. The number of methoxy groups -OCH3 is 2. The summed E-state index contributed by atoms with van der Waals surface area (Å²) < 4.78 is 10.5. The Kier molecular flexibility index (Phi) is 4.89. The maximum Gasteiger partial charge on any atom is 0.118 e. The Morgan fingerprint density at radius 3 is 1.24 bits per heavy atom. The first kappa shape index (κ1) is 15.4. The van der Waals surface area contributed by atoms with E-state index in [0.29, 0.717) is 0 Å². The lowest BCUT2D eigenvalue weighted by Crippen LogP contribution is -2.25. The van der Waals surface area contributed by atoms with Crippen LogP contribution in [-0.2, 0) is 5.41 Å². The van der Waals surface area contributed by atoms with Gasteiger partial charge in [0, 0.05) is 5.41 Å². The molecule has 0 bridgehead atoms. The lowest BCUT2D eigenvalue weighted by Gasteiger charge is -2.33. The summed E-state index contributed by atoms with van der Waals surface area (Å²) in [5, 5.41) is 0. The molecule has 0 aliphatic rings. The Hall–Kier alpha value is -1.96. The zero-order valence-corrected chi connectivity index (χ0v) is 13.3. The van der Waals surface area contributed by atoms with Crippen LogP contribution >= 0.6 is 0 Å². The molecular formula is C19H24O2. The molecule has 0 unspecified atom stereocenters. The fourth-order valence-corrected chi connectivity index (χ4v) is 3.05. The van der Waals surface area contributed by atoms with Crippen molar-refractivity contribution in [2.24, 2.45) is 0 Å². The average molecular weight is 284 g/mol. The van der Waals surface area contributed by atoms with Crippen LogP contribution < -0.4 is 9.47 Å². The maximum atomic E-state index is 5.27. The van der Waals surface area contributed by atoms with Crippen molar-refractivity contribution < 1.29 is 9.47 Å². The van der Waals surface area contributed by atoms with Gasteiger partial charge >= 0.3 is 0 Å². The molecular weight excluding hydrogens is 260 g/mol. The second kappa shape index (κ2) is 6.66. The normalized spacial score (nSPS) is 11.2. The lowest BCUT2D eigenvalue weighted by molar-refractivity contribution is 0.412. The van der Waals surface area contributed by atoms with Crippen LogP contribution in [0.2, 0.25) is 0 Å². The third-order valence-electron chi connectivity index (χ3n) is 4.49. The van der Waals surface area contributed by atoms with E-state index in [9.17, 15) is 0 Å². The monoisotopic (exact) mass is 284 g/mol. The number of rotatable bonds is 6. The second-order valence-corrected chi connectivity index (χ2v) is 5.25. The summed E-state index contributed by atoms with van der Waals surface area (Å²) in [4.78, 5) is 0. The van der Waals surface area contributed by atoms with E-state index in [1.807, 2.05) is 24.3 Å². The smallest absolute Gasteiger partial charge is 0.118 e. The first-order valence-corrected chi connectivity index (χ1v) is 7.49. The van der Waals surface area contributed by atoms with E-state index in [2.05, 4.69) is 38.1 Å². The highest BCUT2D eigenvalue weighted by atomic mass is 16.5. The van der Waals surface area contributed by atoms with Crippen LogP contribution in [0.3, 0.4) is 0 Å². The minimum absolute atomic E-state index is 0.0402. The number of hydrogen-bond donors (Lipinski definition) is 0. The van der Waals surface area contributed by atoms with Crippen LogP contribution in [0.1, 0.15) is 37.8 Å². The summed E-state index contributed by atoms with van der Waals surface area (Å²) >= 11 is 0. The minimum atomic E-state index is 0.0402. The Morgan fingerprint density at radius 1 is 0.667 bits per heavy atom. The van der Waals surface area contributed by atoms with Crippen LogP contribution in [0, 0.1) is 0 Å². The Bertz CT molecular complexity index is 502. The van der Waals surface area contributed by atoms with Crippen LogP contribution in [0.15, 0.2) is 48.5 Å². The largest absolute Gasteiger partial charge is 0.497 e. The molecule has 0 heterocycles. The first-order valence-electron chi connectivity index (χ1n) is 7.49. The van der Waals surface area contributed by atoms with Gasteiger partial charge in [0.2, 0.25) is 0 Å². The van der Waals surface area contributed by atoms with E-state index in [1.165, 1.54) is 11.1 Å². The molecule has 0 spiro atoms. The van der Waals surface area contributed by atoms with Crippen molar-refractivity contribution in [3.05, 3.63) is 59.7 Å². The van der Waals surface area contributed by atoms with Gasteiger partial charge in [-0.2, -0.15) is 0 Å². The molecule has 0 atom stereocenters. The molecule has 2 nitrogen and oxygen atoms in total. The summed E-state index contributed by atoms with van der Waals surface area (Å²) in [6.07, 6.45) is 2.12. The minimum Gasteiger partial charge on any atom is -0.497 e. The predicted octanol–water partition coefficient (Wildman–Crippen LogP) is 4.81. The van der Waals surface area contributed by atoms with Crippen LogP contribution in [0.5, 0.6) is 11.5 Å². The van der Waals surface area contributed by atoms with Gasteiger partial charge in [0.05, 0.1) is 14.2 Å². The standard InChI is InChI=1S/C19H24O2/c1-5-19(6-2,15-7-11-17(20-3)12-8-15)16-9-13-18(21-4)14-10-16/h7-14H,5-6H2,1-4H3. The Balaban J connectivity index is 2.46. The molecule has 0 aromatic heterocycles. The van der Waals surface area contributed by atoms with Crippen molar-refractivity contribution >= 4 is 0 Å². The summed E-state index contributed by atoms with van der Waals surface area (Å²) in [7, 11) is 3.40. The van der Waals surface area contributed by atoms with Gasteiger partial charge in [-0.25, -0.2) is 0 Å². The zero-order valence-electron chi connectivity index (χ0n) is 13.3. The second-order valence-electron chi connectivity index (χ2n) is 5.25. The Labute approximate surface area is 127 Å². The van der Waals surface area contributed by atoms with E-state index in [4.69, 9.17) is 9.47 Å². The summed E-state index contributed by atoms with van der Waals surface area (Å²) in [5.41, 5.74) is 2.70. The maximum absolute atomic E-state index is 5.27. The number of hydrogen-bond acceptors (Lipinski definition) is 2. The van der Waals surface area contributed by atoms with E-state index >= 15 is 0 Å².